The summed E-state index contributed by atoms with van der Waals surface area (Å²) < 4.78 is 16.7. The number of ether oxygens (including phenoxy) is 2. The smallest absolute Gasteiger partial charge is 0.246 e. The lowest BCUT2D eigenvalue weighted by atomic mass is 9.90. The van der Waals surface area contributed by atoms with Gasteiger partial charge in [0.2, 0.25) is 23.6 Å². The van der Waals surface area contributed by atoms with Crippen molar-refractivity contribution in [1.29, 1.82) is 0 Å². The number of aromatic nitrogens is 4. The highest BCUT2D eigenvalue weighted by Crippen LogP contribution is 2.32. The summed E-state index contributed by atoms with van der Waals surface area (Å²) in [5.74, 6) is 2.37. The molecule has 2 aromatic heterocycles. The Morgan fingerprint density at radius 1 is 1.28 bits per heavy atom. The van der Waals surface area contributed by atoms with Gasteiger partial charge >= 0.3 is 0 Å². The predicted octanol–water partition coefficient (Wildman–Crippen LogP) is 1.22. The Hall–Kier alpha value is -2.75. The van der Waals surface area contributed by atoms with Gasteiger partial charge in [-0.3, -0.25) is 4.79 Å². The monoisotopic (exact) mass is 402 g/mol. The first-order chi connectivity index (χ1) is 14.1. The van der Waals surface area contributed by atoms with Crippen molar-refractivity contribution in [2.75, 3.05) is 38.3 Å². The van der Waals surface area contributed by atoms with E-state index in [9.17, 15) is 4.79 Å². The van der Waals surface area contributed by atoms with Crippen molar-refractivity contribution in [1.82, 2.24) is 25.0 Å². The fourth-order valence-electron chi connectivity index (χ4n) is 3.82. The highest BCUT2D eigenvalue weighted by molar-refractivity contribution is 5.76. The molecule has 2 aliphatic heterocycles. The van der Waals surface area contributed by atoms with E-state index in [1.807, 2.05) is 6.92 Å². The third-order valence-corrected chi connectivity index (χ3v) is 5.49. The molecule has 2 aliphatic rings. The van der Waals surface area contributed by atoms with Gasteiger partial charge in [-0.15, -0.1) is 0 Å². The summed E-state index contributed by atoms with van der Waals surface area (Å²) in [6.07, 6.45) is 4.32. The minimum Gasteiger partial charge on any atom is -0.481 e. The Kier molecular flexibility index (Phi) is 5.61. The maximum atomic E-state index is 12.6. The molecule has 29 heavy (non-hydrogen) atoms. The predicted molar refractivity (Wildman–Crippen MR) is 102 cm³/mol. The topological polar surface area (TPSA) is 107 Å². The number of hydrogen-bond donors (Lipinski definition) is 0. The number of methoxy groups -OCH3 is 1. The fourth-order valence-corrected chi connectivity index (χ4v) is 3.82. The molecule has 0 aromatic carbocycles. The van der Waals surface area contributed by atoms with Crippen LogP contribution in [-0.2, 0) is 22.5 Å². The van der Waals surface area contributed by atoms with Crippen molar-refractivity contribution in [3.05, 3.63) is 24.0 Å². The van der Waals surface area contributed by atoms with E-state index in [1.54, 1.807) is 24.3 Å². The van der Waals surface area contributed by atoms with Crippen molar-refractivity contribution >= 4 is 11.9 Å². The van der Waals surface area contributed by atoms with Crippen LogP contribution in [0.3, 0.4) is 0 Å². The van der Waals surface area contributed by atoms with Gasteiger partial charge in [-0.1, -0.05) is 12.1 Å². The Morgan fingerprint density at radius 2 is 2.10 bits per heavy atom. The summed E-state index contributed by atoms with van der Waals surface area (Å²) >= 11 is 0. The van der Waals surface area contributed by atoms with E-state index in [0.717, 1.165) is 25.9 Å². The van der Waals surface area contributed by atoms with Gasteiger partial charge < -0.3 is 23.8 Å². The maximum absolute atomic E-state index is 12.6. The molecule has 10 nitrogen and oxygen atoms in total. The van der Waals surface area contributed by atoms with Crippen LogP contribution in [0.5, 0.6) is 5.88 Å². The van der Waals surface area contributed by atoms with Crippen LogP contribution in [0.15, 0.2) is 16.8 Å². The molecule has 0 saturated carbocycles. The highest BCUT2D eigenvalue weighted by Gasteiger charge is 2.41. The minimum atomic E-state index is -0.380. The average Bonchev–Trinajstić information content (AvgIpc) is 3.15. The molecule has 0 aliphatic carbocycles. The summed E-state index contributed by atoms with van der Waals surface area (Å²) in [4.78, 5) is 29.6. The Morgan fingerprint density at radius 3 is 2.83 bits per heavy atom. The summed E-state index contributed by atoms with van der Waals surface area (Å²) in [5, 5.41) is 3.92. The van der Waals surface area contributed by atoms with Crippen LogP contribution in [0.4, 0.5) is 5.95 Å². The summed E-state index contributed by atoms with van der Waals surface area (Å²) in [5.41, 5.74) is -0.380. The van der Waals surface area contributed by atoms with E-state index in [-0.39, 0.29) is 11.5 Å². The van der Waals surface area contributed by atoms with Crippen LogP contribution >= 0.6 is 0 Å². The lowest BCUT2D eigenvalue weighted by Gasteiger charge is -2.42. The van der Waals surface area contributed by atoms with Gasteiger partial charge in [0.1, 0.15) is 6.54 Å². The van der Waals surface area contributed by atoms with E-state index in [1.165, 1.54) is 0 Å². The van der Waals surface area contributed by atoms with Gasteiger partial charge in [-0.2, -0.15) is 9.97 Å². The largest absolute Gasteiger partial charge is 0.481 e. The second-order valence-electron chi connectivity index (χ2n) is 7.38. The zero-order valence-corrected chi connectivity index (χ0v) is 16.8. The number of aryl methyl sites for hydroxylation is 1. The molecule has 2 saturated heterocycles. The van der Waals surface area contributed by atoms with E-state index in [4.69, 9.17) is 14.0 Å². The van der Waals surface area contributed by atoms with E-state index >= 15 is 0 Å². The lowest BCUT2D eigenvalue weighted by molar-refractivity contribution is -0.132. The third kappa shape index (κ3) is 4.31. The summed E-state index contributed by atoms with van der Waals surface area (Å²) in [6, 6.07) is 1.73. The van der Waals surface area contributed by atoms with Crippen LogP contribution in [0.2, 0.25) is 0 Å². The minimum absolute atomic E-state index is 0.0525. The van der Waals surface area contributed by atoms with Crippen molar-refractivity contribution < 1.29 is 18.8 Å². The number of carbonyl (C=O) groups excluding carboxylic acids is 1. The van der Waals surface area contributed by atoms with Gasteiger partial charge in [0.15, 0.2) is 5.82 Å². The summed E-state index contributed by atoms with van der Waals surface area (Å²) in [6.45, 7) is 4.72. The Labute approximate surface area is 169 Å². The summed E-state index contributed by atoms with van der Waals surface area (Å²) in [7, 11) is 1.59. The van der Waals surface area contributed by atoms with Crippen LogP contribution in [0, 0.1) is 0 Å². The Bertz CT molecular complexity index is 849. The molecule has 2 fully saturated rings. The van der Waals surface area contributed by atoms with Gasteiger partial charge in [0.25, 0.3) is 0 Å². The molecule has 0 atom stereocenters. The number of carbonyl (C=O) groups is 1. The van der Waals surface area contributed by atoms with Crippen molar-refractivity contribution in [3.8, 4) is 5.88 Å². The van der Waals surface area contributed by atoms with Crippen LogP contribution < -0.4 is 9.64 Å². The molecule has 0 N–H and O–H groups in total. The van der Waals surface area contributed by atoms with Crippen molar-refractivity contribution in [3.63, 3.8) is 0 Å². The van der Waals surface area contributed by atoms with Crippen molar-refractivity contribution in [2.24, 2.45) is 0 Å². The Balaban J connectivity index is 1.44. The van der Waals surface area contributed by atoms with E-state index < -0.39 is 0 Å². The van der Waals surface area contributed by atoms with E-state index in [2.05, 4.69) is 25.0 Å². The van der Waals surface area contributed by atoms with Gasteiger partial charge in [0.05, 0.1) is 32.3 Å². The lowest BCUT2D eigenvalue weighted by Crippen LogP contribution is -2.52. The molecule has 1 spiro atoms. The highest BCUT2D eigenvalue weighted by atomic mass is 16.5. The standard InChI is InChI=1S/C19H26N6O4/c1-3-14-21-16(29-23-14)12-25-13-19(28-11-5-17(25)26)6-9-24(10-7-19)18-20-8-4-15(22-18)27-2/h4,8H,3,5-7,9-13H2,1-2H3. The van der Waals surface area contributed by atoms with Crippen molar-refractivity contribution in [2.45, 2.75) is 44.8 Å². The first kappa shape index (κ1) is 19.6. The number of amides is 1. The van der Waals surface area contributed by atoms with Crippen LogP contribution in [0.25, 0.3) is 0 Å². The number of hydrogen-bond acceptors (Lipinski definition) is 9. The fraction of sp³-hybridized carbons (Fsp3) is 0.632. The molecule has 2 aromatic rings. The first-order valence-corrected chi connectivity index (χ1v) is 9.96. The van der Waals surface area contributed by atoms with Crippen LogP contribution in [0.1, 0.15) is 37.9 Å². The number of rotatable bonds is 5. The second-order valence-corrected chi connectivity index (χ2v) is 7.38. The molecule has 10 heteroatoms. The van der Waals surface area contributed by atoms with E-state index in [0.29, 0.717) is 56.1 Å². The zero-order chi connectivity index (χ0) is 20.3. The molecule has 4 heterocycles. The molecule has 0 unspecified atom stereocenters. The quantitative estimate of drug-likeness (QED) is 0.729. The molecular weight excluding hydrogens is 376 g/mol. The normalized spacial score (nSPS) is 19.4. The second kappa shape index (κ2) is 8.32. The number of anilines is 1. The molecule has 4 rings (SSSR count). The third-order valence-electron chi connectivity index (χ3n) is 5.49. The van der Waals surface area contributed by atoms with Gasteiger partial charge in [-0.05, 0) is 12.8 Å². The first-order valence-electron chi connectivity index (χ1n) is 9.96. The molecule has 1 amide bonds. The maximum Gasteiger partial charge on any atom is 0.246 e. The zero-order valence-electron chi connectivity index (χ0n) is 16.8. The SMILES string of the molecule is CCc1noc(CN2CC3(CCN(c4nccc(OC)n4)CC3)OCCC2=O)n1. The number of nitrogens with zero attached hydrogens (tertiary/aromatic N) is 6. The molecular formula is C19H26N6O4. The molecule has 0 bridgehead atoms. The average molecular weight is 402 g/mol. The number of piperidine rings is 1. The molecule has 0 radical (unpaired) electrons. The van der Waals surface area contributed by atoms with Gasteiger partial charge in [0, 0.05) is 31.8 Å². The van der Waals surface area contributed by atoms with Gasteiger partial charge in [-0.25, -0.2) is 4.98 Å². The van der Waals surface area contributed by atoms with Crippen LogP contribution in [-0.4, -0.2) is 69.9 Å². The molecule has 156 valence electrons.